The number of amides is 1. The Morgan fingerprint density at radius 3 is 2.48 bits per heavy atom. The van der Waals surface area contributed by atoms with Crippen LogP contribution < -0.4 is 5.32 Å². The number of hydrogen-bond acceptors (Lipinski definition) is 3. The maximum absolute atomic E-state index is 12.0. The van der Waals surface area contributed by atoms with Crippen LogP contribution >= 0.6 is 0 Å². The zero-order valence-corrected chi connectivity index (χ0v) is 13.3. The van der Waals surface area contributed by atoms with Gasteiger partial charge in [-0.2, -0.15) is 4.31 Å². The first-order valence-corrected chi connectivity index (χ1v) is 9.04. The minimum Gasteiger partial charge on any atom is -0.350 e. The van der Waals surface area contributed by atoms with E-state index in [1.165, 1.54) is 10.6 Å². The maximum atomic E-state index is 12.0. The summed E-state index contributed by atoms with van der Waals surface area (Å²) in [7, 11) is -3.22. The number of rotatable bonds is 7. The molecular weight excluding hydrogens is 288 g/mol. The van der Waals surface area contributed by atoms with Gasteiger partial charge in [-0.3, -0.25) is 4.79 Å². The Morgan fingerprint density at radius 2 is 1.95 bits per heavy atom. The van der Waals surface area contributed by atoms with Crippen molar-refractivity contribution in [2.45, 2.75) is 38.3 Å². The standard InChI is InChI=1S/C15H22N2O3S/c1-12(13-6-4-3-5-7-13)16-15(18)10-11-17(14-8-9-14)21(2,19)20/h3-7,12,14H,8-11H2,1-2H3,(H,16,18). The van der Waals surface area contributed by atoms with E-state index >= 15 is 0 Å². The summed E-state index contributed by atoms with van der Waals surface area (Å²) >= 11 is 0. The lowest BCUT2D eigenvalue weighted by atomic mass is 10.1. The van der Waals surface area contributed by atoms with Crippen LogP contribution in [0.15, 0.2) is 30.3 Å². The Bertz CT molecular complexity index is 582. The maximum Gasteiger partial charge on any atom is 0.221 e. The predicted molar refractivity (Wildman–Crippen MR) is 82.2 cm³/mol. The quantitative estimate of drug-likeness (QED) is 0.833. The van der Waals surface area contributed by atoms with Gasteiger partial charge in [0.1, 0.15) is 0 Å². The summed E-state index contributed by atoms with van der Waals surface area (Å²) in [5.74, 6) is -0.124. The second kappa shape index (κ2) is 6.58. The van der Waals surface area contributed by atoms with Gasteiger partial charge in [-0.1, -0.05) is 30.3 Å². The number of sulfonamides is 1. The van der Waals surface area contributed by atoms with Gasteiger partial charge < -0.3 is 5.32 Å². The zero-order valence-electron chi connectivity index (χ0n) is 12.5. The van der Waals surface area contributed by atoms with E-state index in [-0.39, 0.29) is 31.0 Å². The summed E-state index contributed by atoms with van der Waals surface area (Å²) < 4.78 is 24.8. The lowest BCUT2D eigenvalue weighted by molar-refractivity contribution is -0.121. The molecule has 0 aliphatic heterocycles. The molecule has 21 heavy (non-hydrogen) atoms. The minimum atomic E-state index is -3.22. The SMILES string of the molecule is CC(NC(=O)CCN(C1CC1)S(C)(=O)=O)c1ccccc1. The summed E-state index contributed by atoms with van der Waals surface area (Å²) in [6.45, 7) is 2.18. The highest BCUT2D eigenvalue weighted by Gasteiger charge is 2.34. The van der Waals surface area contributed by atoms with Crippen molar-refractivity contribution in [1.82, 2.24) is 9.62 Å². The smallest absolute Gasteiger partial charge is 0.221 e. The van der Waals surface area contributed by atoms with Gasteiger partial charge in [0.2, 0.25) is 15.9 Å². The fraction of sp³-hybridized carbons (Fsp3) is 0.533. The molecule has 1 aromatic rings. The number of benzene rings is 1. The second-order valence-corrected chi connectivity index (χ2v) is 7.49. The second-order valence-electron chi connectivity index (χ2n) is 5.55. The molecule has 1 saturated carbocycles. The molecule has 1 unspecified atom stereocenters. The van der Waals surface area contributed by atoms with Crippen LogP contribution in [0.3, 0.4) is 0 Å². The van der Waals surface area contributed by atoms with Gasteiger partial charge in [0, 0.05) is 19.0 Å². The molecule has 5 nitrogen and oxygen atoms in total. The molecule has 1 aromatic carbocycles. The number of hydrogen-bond donors (Lipinski definition) is 1. The van der Waals surface area contributed by atoms with Crippen LogP contribution in [0, 0.1) is 0 Å². The van der Waals surface area contributed by atoms with E-state index in [0.29, 0.717) is 0 Å². The molecular formula is C15H22N2O3S. The molecule has 1 atom stereocenters. The van der Waals surface area contributed by atoms with Gasteiger partial charge in [0.25, 0.3) is 0 Å². The summed E-state index contributed by atoms with van der Waals surface area (Å²) in [6.07, 6.45) is 3.20. The average molecular weight is 310 g/mol. The van der Waals surface area contributed by atoms with Crippen LogP contribution in [-0.2, 0) is 14.8 Å². The van der Waals surface area contributed by atoms with Crippen molar-refractivity contribution in [3.05, 3.63) is 35.9 Å². The average Bonchev–Trinajstić information content (AvgIpc) is 3.23. The van der Waals surface area contributed by atoms with E-state index in [9.17, 15) is 13.2 Å². The Morgan fingerprint density at radius 1 is 1.33 bits per heavy atom. The number of carbonyl (C=O) groups excluding carboxylic acids is 1. The molecule has 1 amide bonds. The van der Waals surface area contributed by atoms with Crippen LogP contribution in [-0.4, -0.2) is 37.5 Å². The number of nitrogens with one attached hydrogen (secondary N) is 1. The fourth-order valence-corrected chi connectivity index (χ4v) is 3.51. The summed E-state index contributed by atoms with van der Waals surface area (Å²) in [5.41, 5.74) is 1.04. The molecule has 116 valence electrons. The van der Waals surface area contributed by atoms with Crippen molar-refractivity contribution in [2.75, 3.05) is 12.8 Å². The van der Waals surface area contributed by atoms with Crippen molar-refractivity contribution in [1.29, 1.82) is 0 Å². The lowest BCUT2D eigenvalue weighted by Gasteiger charge is -2.20. The van der Waals surface area contributed by atoms with Crippen LogP contribution in [0.4, 0.5) is 0 Å². The summed E-state index contributed by atoms with van der Waals surface area (Å²) in [4.78, 5) is 12.0. The normalized spacial score (nSPS) is 16.7. The van der Waals surface area contributed by atoms with E-state index in [4.69, 9.17) is 0 Å². The van der Waals surface area contributed by atoms with E-state index in [1.54, 1.807) is 0 Å². The number of carbonyl (C=O) groups is 1. The van der Waals surface area contributed by atoms with E-state index < -0.39 is 10.0 Å². The highest BCUT2D eigenvalue weighted by Crippen LogP contribution is 2.28. The van der Waals surface area contributed by atoms with E-state index in [2.05, 4.69) is 5.32 Å². The Labute approximate surface area is 126 Å². The molecule has 0 bridgehead atoms. The predicted octanol–water partition coefficient (Wildman–Crippen LogP) is 1.68. The first-order valence-electron chi connectivity index (χ1n) is 7.19. The van der Waals surface area contributed by atoms with Gasteiger partial charge in [-0.25, -0.2) is 8.42 Å². The Balaban J connectivity index is 1.84. The molecule has 0 aromatic heterocycles. The Hall–Kier alpha value is -1.40. The van der Waals surface area contributed by atoms with Crippen molar-refractivity contribution in [3.63, 3.8) is 0 Å². The summed E-state index contributed by atoms with van der Waals surface area (Å²) in [5, 5.41) is 2.90. The van der Waals surface area contributed by atoms with E-state index in [0.717, 1.165) is 18.4 Å². The van der Waals surface area contributed by atoms with Crippen molar-refractivity contribution in [2.24, 2.45) is 0 Å². The van der Waals surface area contributed by atoms with Gasteiger partial charge in [0.05, 0.1) is 12.3 Å². The van der Waals surface area contributed by atoms with Crippen molar-refractivity contribution >= 4 is 15.9 Å². The molecule has 1 aliphatic rings. The number of nitrogens with zero attached hydrogens (tertiary/aromatic N) is 1. The molecule has 0 saturated heterocycles. The van der Waals surface area contributed by atoms with Gasteiger partial charge in [-0.05, 0) is 25.3 Å². The fourth-order valence-electron chi connectivity index (χ4n) is 2.33. The van der Waals surface area contributed by atoms with Crippen LogP contribution in [0.2, 0.25) is 0 Å². The molecule has 1 N–H and O–H groups in total. The van der Waals surface area contributed by atoms with Crippen molar-refractivity contribution < 1.29 is 13.2 Å². The monoisotopic (exact) mass is 310 g/mol. The first-order chi connectivity index (χ1) is 9.88. The topological polar surface area (TPSA) is 66.5 Å². The molecule has 0 heterocycles. The summed E-state index contributed by atoms with van der Waals surface area (Å²) in [6, 6.07) is 9.71. The molecule has 1 fully saturated rings. The van der Waals surface area contributed by atoms with Gasteiger partial charge in [-0.15, -0.1) is 0 Å². The minimum absolute atomic E-state index is 0.0775. The Kier molecular flexibility index (Phi) is 5.00. The highest BCUT2D eigenvalue weighted by atomic mass is 32.2. The van der Waals surface area contributed by atoms with Crippen LogP contribution in [0.25, 0.3) is 0 Å². The van der Waals surface area contributed by atoms with Gasteiger partial charge >= 0.3 is 0 Å². The van der Waals surface area contributed by atoms with E-state index in [1.807, 2.05) is 37.3 Å². The third-order valence-electron chi connectivity index (χ3n) is 3.62. The third-order valence-corrected chi connectivity index (χ3v) is 4.95. The molecule has 6 heteroatoms. The molecule has 2 rings (SSSR count). The van der Waals surface area contributed by atoms with Gasteiger partial charge in [0.15, 0.2) is 0 Å². The van der Waals surface area contributed by atoms with Crippen LogP contribution in [0.5, 0.6) is 0 Å². The highest BCUT2D eigenvalue weighted by molar-refractivity contribution is 7.88. The van der Waals surface area contributed by atoms with Crippen molar-refractivity contribution in [3.8, 4) is 0 Å². The molecule has 0 spiro atoms. The zero-order chi connectivity index (χ0) is 15.5. The molecule has 1 aliphatic carbocycles. The largest absolute Gasteiger partial charge is 0.350 e. The van der Waals surface area contributed by atoms with Crippen LogP contribution in [0.1, 0.15) is 37.8 Å². The third kappa shape index (κ3) is 4.82. The molecule has 0 radical (unpaired) electrons. The first kappa shape index (κ1) is 16.0. The lowest BCUT2D eigenvalue weighted by Crippen LogP contribution is -2.36.